The van der Waals surface area contributed by atoms with Gasteiger partial charge in [-0.2, -0.15) is 0 Å². The first-order chi connectivity index (χ1) is 8.60. The predicted molar refractivity (Wildman–Crippen MR) is 64.7 cm³/mol. The van der Waals surface area contributed by atoms with Crippen molar-refractivity contribution in [1.29, 1.82) is 0 Å². The number of hydrogen-bond acceptors (Lipinski definition) is 3. The van der Waals surface area contributed by atoms with Gasteiger partial charge in [-0.15, -0.1) is 0 Å². The first-order valence-electron chi connectivity index (χ1n) is 5.21. The van der Waals surface area contributed by atoms with Crippen LogP contribution in [0.5, 0.6) is 5.75 Å². The summed E-state index contributed by atoms with van der Waals surface area (Å²) in [6, 6.07) is 7.35. The molecule has 0 atom stereocenters. The highest BCUT2D eigenvalue weighted by molar-refractivity contribution is 6.29. The Kier molecular flexibility index (Phi) is 3.67. The maximum Gasteiger partial charge on any atom is 0.202 e. The number of ketones is 1. The molecule has 0 aliphatic heterocycles. The minimum Gasteiger partial charge on any atom is -0.494 e. The SMILES string of the molecule is COc1ccc(CC(=O)c2ccc(Cl)o2)cc1F. The molecule has 0 radical (unpaired) electrons. The van der Waals surface area contributed by atoms with E-state index in [0.29, 0.717) is 5.56 Å². The zero-order valence-electron chi connectivity index (χ0n) is 9.57. The summed E-state index contributed by atoms with van der Waals surface area (Å²) in [5.41, 5.74) is 0.547. The van der Waals surface area contributed by atoms with Crippen molar-refractivity contribution in [2.45, 2.75) is 6.42 Å². The van der Waals surface area contributed by atoms with E-state index in [0.717, 1.165) is 0 Å². The van der Waals surface area contributed by atoms with Gasteiger partial charge in [0.1, 0.15) is 0 Å². The van der Waals surface area contributed by atoms with E-state index >= 15 is 0 Å². The molecule has 1 aromatic carbocycles. The topological polar surface area (TPSA) is 39.4 Å². The van der Waals surface area contributed by atoms with Crippen LogP contribution in [0.1, 0.15) is 16.1 Å². The van der Waals surface area contributed by atoms with Crippen LogP contribution in [0.15, 0.2) is 34.7 Å². The minimum absolute atomic E-state index is 0.0464. The molecule has 0 amide bonds. The molecule has 2 aromatic rings. The molecule has 1 heterocycles. The number of benzene rings is 1. The fourth-order valence-corrected chi connectivity index (χ4v) is 1.70. The number of halogens is 2. The number of methoxy groups -OCH3 is 1. The number of ether oxygens (including phenoxy) is 1. The average Bonchev–Trinajstić information content (AvgIpc) is 2.76. The molecule has 5 heteroatoms. The van der Waals surface area contributed by atoms with E-state index in [1.807, 2.05) is 0 Å². The van der Waals surface area contributed by atoms with Crippen molar-refractivity contribution in [3.8, 4) is 5.75 Å². The smallest absolute Gasteiger partial charge is 0.202 e. The number of hydrogen-bond donors (Lipinski definition) is 0. The summed E-state index contributed by atoms with van der Waals surface area (Å²) in [7, 11) is 1.38. The lowest BCUT2D eigenvalue weighted by atomic mass is 10.1. The number of furan rings is 1. The van der Waals surface area contributed by atoms with Crippen LogP contribution in [0.4, 0.5) is 4.39 Å². The Morgan fingerprint density at radius 2 is 2.17 bits per heavy atom. The van der Waals surface area contributed by atoms with E-state index in [9.17, 15) is 9.18 Å². The molecule has 0 N–H and O–H groups in total. The summed E-state index contributed by atoms with van der Waals surface area (Å²) in [6.07, 6.45) is 0.0464. The van der Waals surface area contributed by atoms with Crippen LogP contribution in [-0.2, 0) is 6.42 Å². The van der Waals surface area contributed by atoms with Crippen LogP contribution < -0.4 is 4.74 Å². The highest BCUT2D eigenvalue weighted by Gasteiger charge is 2.13. The van der Waals surface area contributed by atoms with Crippen molar-refractivity contribution in [1.82, 2.24) is 0 Å². The number of carbonyl (C=O) groups excluding carboxylic acids is 1. The van der Waals surface area contributed by atoms with Crippen LogP contribution in [0.25, 0.3) is 0 Å². The van der Waals surface area contributed by atoms with E-state index in [2.05, 4.69) is 0 Å². The second-order valence-corrected chi connectivity index (χ2v) is 4.05. The predicted octanol–water partition coefficient (Wildman–Crippen LogP) is 3.51. The monoisotopic (exact) mass is 268 g/mol. The third kappa shape index (κ3) is 2.71. The van der Waals surface area contributed by atoms with Crippen molar-refractivity contribution in [2.75, 3.05) is 7.11 Å². The Hall–Kier alpha value is -1.81. The standard InChI is InChI=1S/C13H10ClFO3/c1-17-11-3-2-8(6-9(11)15)7-10(16)12-4-5-13(14)18-12/h2-6H,7H2,1H3. The fraction of sp³-hybridized carbons (Fsp3) is 0.154. The number of rotatable bonds is 4. The molecule has 0 spiro atoms. The van der Waals surface area contributed by atoms with Crippen molar-refractivity contribution in [3.05, 3.63) is 52.7 Å². The molecular formula is C13H10ClFO3. The first-order valence-corrected chi connectivity index (χ1v) is 5.59. The van der Waals surface area contributed by atoms with Crippen LogP contribution in [0.3, 0.4) is 0 Å². The summed E-state index contributed by atoms with van der Waals surface area (Å²) in [6.45, 7) is 0. The largest absolute Gasteiger partial charge is 0.494 e. The van der Waals surface area contributed by atoms with Gasteiger partial charge in [-0.1, -0.05) is 6.07 Å². The van der Waals surface area contributed by atoms with Crippen LogP contribution in [0.2, 0.25) is 5.22 Å². The molecule has 1 aromatic heterocycles. The Labute approximate surface area is 108 Å². The van der Waals surface area contributed by atoms with E-state index < -0.39 is 5.82 Å². The molecule has 3 nitrogen and oxygen atoms in total. The molecular weight excluding hydrogens is 259 g/mol. The summed E-state index contributed by atoms with van der Waals surface area (Å²) in [5, 5.41) is 0.152. The van der Waals surface area contributed by atoms with Gasteiger partial charge in [-0.05, 0) is 41.4 Å². The summed E-state index contributed by atoms with van der Waals surface area (Å²) >= 11 is 5.58. The lowest BCUT2D eigenvalue weighted by molar-refractivity contribution is 0.0966. The normalized spacial score (nSPS) is 10.4. The van der Waals surface area contributed by atoms with Gasteiger partial charge in [-0.25, -0.2) is 4.39 Å². The van der Waals surface area contributed by atoms with Gasteiger partial charge in [0.2, 0.25) is 5.78 Å². The van der Waals surface area contributed by atoms with Crippen LogP contribution in [-0.4, -0.2) is 12.9 Å². The number of Topliss-reactive ketones (excluding diaryl/α,β-unsaturated/α-hetero) is 1. The zero-order valence-corrected chi connectivity index (χ0v) is 10.3. The second-order valence-electron chi connectivity index (χ2n) is 3.67. The van der Waals surface area contributed by atoms with Crippen LogP contribution in [0, 0.1) is 5.82 Å². The summed E-state index contributed by atoms with van der Waals surface area (Å²) in [5.74, 6) is -0.449. The Morgan fingerprint density at radius 1 is 1.39 bits per heavy atom. The zero-order chi connectivity index (χ0) is 13.1. The van der Waals surface area contributed by atoms with E-state index in [1.165, 1.54) is 31.4 Å². The molecule has 2 rings (SSSR count). The van der Waals surface area contributed by atoms with Gasteiger partial charge in [0.25, 0.3) is 0 Å². The maximum absolute atomic E-state index is 13.4. The maximum atomic E-state index is 13.4. The molecule has 0 saturated heterocycles. The highest BCUT2D eigenvalue weighted by atomic mass is 35.5. The Balaban J connectivity index is 2.14. The lowest BCUT2D eigenvalue weighted by Gasteiger charge is -2.04. The lowest BCUT2D eigenvalue weighted by Crippen LogP contribution is -2.02. The van der Waals surface area contributed by atoms with E-state index in [-0.39, 0.29) is 28.9 Å². The molecule has 0 aliphatic rings. The molecule has 0 bridgehead atoms. The van der Waals surface area contributed by atoms with Crippen molar-refractivity contribution in [2.24, 2.45) is 0 Å². The van der Waals surface area contributed by atoms with Gasteiger partial charge >= 0.3 is 0 Å². The van der Waals surface area contributed by atoms with Gasteiger partial charge < -0.3 is 9.15 Å². The minimum atomic E-state index is -0.500. The van der Waals surface area contributed by atoms with Gasteiger partial charge in [0.05, 0.1) is 7.11 Å². The summed E-state index contributed by atoms with van der Waals surface area (Å²) in [4.78, 5) is 11.8. The number of carbonyl (C=O) groups is 1. The molecule has 0 fully saturated rings. The summed E-state index contributed by atoms with van der Waals surface area (Å²) < 4.78 is 23.2. The van der Waals surface area contributed by atoms with Gasteiger partial charge in [0, 0.05) is 6.42 Å². The van der Waals surface area contributed by atoms with Crippen LogP contribution >= 0.6 is 11.6 Å². The van der Waals surface area contributed by atoms with Gasteiger partial charge in [-0.3, -0.25) is 4.79 Å². The van der Waals surface area contributed by atoms with E-state index in [1.54, 1.807) is 6.07 Å². The quantitative estimate of drug-likeness (QED) is 0.797. The molecule has 0 unspecified atom stereocenters. The fourth-order valence-electron chi connectivity index (χ4n) is 1.56. The van der Waals surface area contributed by atoms with Crippen molar-refractivity contribution < 1.29 is 18.3 Å². The Bertz CT molecular complexity index is 577. The van der Waals surface area contributed by atoms with Gasteiger partial charge in [0.15, 0.2) is 22.5 Å². The Morgan fingerprint density at radius 3 is 2.72 bits per heavy atom. The molecule has 94 valence electrons. The molecule has 0 aliphatic carbocycles. The first kappa shape index (κ1) is 12.6. The second kappa shape index (κ2) is 5.23. The van der Waals surface area contributed by atoms with E-state index in [4.69, 9.17) is 20.8 Å². The average molecular weight is 269 g/mol. The highest BCUT2D eigenvalue weighted by Crippen LogP contribution is 2.20. The third-order valence-electron chi connectivity index (χ3n) is 2.43. The van der Waals surface area contributed by atoms with Crippen molar-refractivity contribution in [3.63, 3.8) is 0 Å². The third-order valence-corrected chi connectivity index (χ3v) is 2.63. The molecule has 18 heavy (non-hydrogen) atoms. The molecule has 0 saturated carbocycles. The van der Waals surface area contributed by atoms with Crippen molar-refractivity contribution >= 4 is 17.4 Å².